The summed E-state index contributed by atoms with van der Waals surface area (Å²) in [6.07, 6.45) is 2.72. The highest BCUT2D eigenvalue weighted by molar-refractivity contribution is 8.04. The lowest BCUT2D eigenvalue weighted by Crippen LogP contribution is -1.96. The van der Waals surface area contributed by atoms with Crippen molar-refractivity contribution in [1.82, 2.24) is 4.98 Å². The van der Waals surface area contributed by atoms with Crippen LogP contribution in [0.2, 0.25) is 0 Å². The summed E-state index contributed by atoms with van der Waals surface area (Å²) in [6.45, 7) is 0. The summed E-state index contributed by atoms with van der Waals surface area (Å²) >= 11 is 2.29. The van der Waals surface area contributed by atoms with Crippen LogP contribution in [0, 0.1) is 10.1 Å². The van der Waals surface area contributed by atoms with Gasteiger partial charge in [-0.2, -0.15) is 0 Å². The van der Waals surface area contributed by atoms with Crippen LogP contribution in [-0.2, 0) is 0 Å². The summed E-state index contributed by atoms with van der Waals surface area (Å²) in [7, 11) is 0. The van der Waals surface area contributed by atoms with Gasteiger partial charge >= 0.3 is 5.00 Å². The number of ketones is 1. The number of hydrogen-bond acceptors (Lipinski definition) is 7. The number of nitro groups is 1. The number of carbonyl (C=O) groups is 1. The van der Waals surface area contributed by atoms with Gasteiger partial charge in [-0.1, -0.05) is 23.9 Å². The van der Waals surface area contributed by atoms with Gasteiger partial charge in [-0.3, -0.25) is 14.9 Å². The zero-order valence-corrected chi connectivity index (χ0v) is 11.5. The second-order valence-electron chi connectivity index (χ2n) is 3.84. The Morgan fingerprint density at radius 1 is 1.35 bits per heavy atom. The third-order valence-electron chi connectivity index (χ3n) is 2.58. The molecule has 3 rings (SSSR count). The van der Waals surface area contributed by atoms with Crippen molar-refractivity contribution in [2.75, 3.05) is 5.32 Å². The molecule has 2 aromatic rings. The second-order valence-corrected chi connectivity index (χ2v) is 5.93. The number of rotatable bonds is 3. The van der Waals surface area contributed by atoms with Crippen LogP contribution in [0.4, 0.5) is 10.1 Å². The van der Waals surface area contributed by atoms with Crippen LogP contribution in [-0.4, -0.2) is 15.7 Å². The molecule has 0 spiro atoms. The smallest absolute Gasteiger partial charge is 0.337 e. The molecule has 100 valence electrons. The normalized spacial score (nSPS) is 15.4. The van der Waals surface area contributed by atoms with Crippen molar-refractivity contribution in [3.63, 3.8) is 0 Å². The van der Waals surface area contributed by atoms with E-state index in [0.717, 1.165) is 16.2 Å². The highest BCUT2D eigenvalue weighted by Crippen LogP contribution is 2.39. The van der Waals surface area contributed by atoms with Crippen molar-refractivity contribution in [1.29, 1.82) is 0 Å². The van der Waals surface area contributed by atoms with Gasteiger partial charge in [0.15, 0.2) is 5.13 Å². The Hall–Kier alpha value is -2.19. The Labute approximate surface area is 121 Å². The molecule has 2 heterocycles. The Morgan fingerprint density at radius 2 is 2.15 bits per heavy atom. The zero-order chi connectivity index (χ0) is 14.1. The molecule has 1 aliphatic rings. The molecule has 0 bridgehead atoms. The first-order valence-corrected chi connectivity index (χ1v) is 7.17. The number of anilines is 1. The fraction of sp³-hybridized carbons (Fsp3) is 0. The number of nitrogens with zero attached hydrogens (tertiary/aromatic N) is 2. The van der Waals surface area contributed by atoms with E-state index in [1.54, 1.807) is 6.07 Å². The lowest BCUT2D eigenvalue weighted by Gasteiger charge is -1.95. The number of nitrogens with one attached hydrogen (secondary N) is 1. The minimum absolute atomic E-state index is 0.0420. The molecule has 0 saturated heterocycles. The number of benzene rings is 1. The molecular formula is C12H7N3O3S2. The van der Waals surface area contributed by atoms with Crippen molar-refractivity contribution in [3.05, 3.63) is 57.2 Å². The number of Topliss-reactive ketones (excluding diaryl/α,β-unsaturated/α-hetero) is 1. The molecule has 0 aliphatic carbocycles. The first kappa shape index (κ1) is 12.8. The number of thioether (sulfide) groups is 1. The topological polar surface area (TPSA) is 85.1 Å². The quantitative estimate of drug-likeness (QED) is 0.532. The highest BCUT2D eigenvalue weighted by atomic mass is 32.2. The summed E-state index contributed by atoms with van der Waals surface area (Å²) < 4.78 is 0. The van der Waals surface area contributed by atoms with E-state index in [-0.39, 0.29) is 10.8 Å². The number of carbonyl (C=O) groups excluding carboxylic acids is 1. The molecule has 8 heteroatoms. The van der Waals surface area contributed by atoms with Crippen molar-refractivity contribution < 1.29 is 9.72 Å². The minimum Gasteiger partial charge on any atom is -0.337 e. The van der Waals surface area contributed by atoms with Gasteiger partial charge in [-0.25, -0.2) is 4.98 Å². The van der Waals surface area contributed by atoms with Crippen molar-refractivity contribution in [2.45, 2.75) is 4.90 Å². The molecule has 0 radical (unpaired) electrons. The van der Waals surface area contributed by atoms with Crippen LogP contribution in [0.1, 0.15) is 10.4 Å². The SMILES string of the molecule is O=C1C(=CNc2ncc([N+](=O)[O-])s2)Sc2ccccc21. The highest BCUT2D eigenvalue weighted by Gasteiger charge is 2.25. The zero-order valence-electron chi connectivity index (χ0n) is 9.90. The van der Waals surface area contributed by atoms with Gasteiger partial charge < -0.3 is 5.32 Å². The molecule has 20 heavy (non-hydrogen) atoms. The third kappa shape index (κ3) is 2.30. The predicted molar refractivity (Wildman–Crippen MR) is 77.1 cm³/mol. The van der Waals surface area contributed by atoms with E-state index < -0.39 is 4.92 Å². The molecule has 1 N–H and O–H groups in total. The molecule has 0 amide bonds. The average Bonchev–Trinajstić information content (AvgIpc) is 3.03. The van der Waals surface area contributed by atoms with E-state index in [4.69, 9.17) is 0 Å². The Bertz CT molecular complexity index is 739. The van der Waals surface area contributed by atoms with Gasteiger partial charge in [0.05, 0.1) is 9.83 Å². The number of allylic oxidation sites excluding steroid dienone is 1. The second kappa shape index (κ2) is 5.06. The summed E-state index contributed by atoms with van der Waals surface area (Å²) in [6, 6.07) is 7.35. The van der Waals surface area contributed by atoms with E-state index in [1.165, 1.54) is 24.2 Å². The van der Waals surface area contributed by atoms with E-state index in [9.17, 15) is 14.9 Å². The number of hydrogen-bond donors (Lipinski definition) is 1. The Morgan fingerprint density at radius 3 is 2.85 bits per heavy atom. The van der Waals surface area contributed by atoms with Gasteiger partial charge in [-0.05, 0) is 23.5 Å². The average molecular weight is 305 g/mol. The third-order valence-corrected chi connectivity index (χ3v) is 4.55. The maximum absolute atomic E-state index is 12.1. The van der Waals surface area contributed by atoms with E-state index in [2.05, 4.69) is 10.3 Å². The molecule has 1 aromatic heterocycles. The van der Waals surface area contributed by atoms with E-state index in [0.29, 0.717) is 15.6 Å². The van der Waals surface area contributed by atoms with Gasteiger partial charge in [0.1, 0.15) is 6.20 Å². The molecule has 1 aromatic carbocycles. The molecular weight excluding hydrogens is 298 g/mol. The fourth-order valence-electron chi connectivity index (χ4n) is 1.68. The standard InChI is InChI=1S/C12H7N3O3S2/c16-11-7-3-1-2-4-8(7)19-9(11)5-13-12-14-6-10(20-12)15(17)18/h1-6H,(H,13,14). The van der Waals surface area contributed by atoms with Crippen LogP contribution >= 0.6 is 23.1 Å². The lowest BCUT2D eigenvalue weighted by atomic mass is 10.1. The Balaban J connectivity index is 1.78. The first-order chi connectivity index (χ1) is 9.65. The maximum Gasteiger partial charge on any atom is 0.345 e. The van der Waals surface area contributed by atoms with Crippen LogP contribution in [0.3, 0.4) is 0 Å². The Kier molecular flexibility index (Phi) is 3.25. The van der Waals surface area contributed by atoms with Crippen LogP contribution in [0.25, 0.3) is 0 Å². The molecule has 0 saturated carbocycles. The van der Waals surface area contributed by atoms with Gasteiger partial charge in [0, 0.05) is 16.7 Å². The summed E-state index contributed by atoms with van der Waals surface area (Å²) in [5.41, 5.74) is 0.677. The maximum atomic E-state index is 12.1. The summed E-state index contributed by atoms with van der Waals surface area (Å²) in [5.74, 6) is -0.0517. The van der Waals surface area contributed by atoms with Crippen molar-refractivity contribution >= 4 is 39.0 Å². The molecule has 0 unspecified atom stereocenters. The van der Waals surface area contributed by atoms with Crippen molar-refractivity contribution in [2.24, 2.45) is 0 Å². The van der Waals surface area contributed by atoms with Gasteiger partial charge in [0.25, 0.3) is 0 Å². The summed E-state index contributed by atoms with van der Waals surface area (Å²) in [5, 5.41) is 13.7. The number of thiazole rings is 1. The minimum atomic E-state index is -0.499. The predicted octanol–water partition coefficient (Wildman–Crippen LogP) is 3.29. The van der Waals surface area contributed by atoms with Gasteiger partial charge in [0.2, 0.25) is 5.78 Å². The largest absolute Gasteiger partial charge is 0.345 e. The monoisotopic (exact) mass is 305 g/mol. The van der Waals surface area contributed by atoms with Crippen LogP contribution in [0.15, 0.2) is 46.5 Å². The molecule has 1 aliphatic heterocycles. The van der Waals surface area contributed by atoms with Gasteiger partial charge in [-0.15, -0.1) is 0 Å². The van der Waals surface area contributed by atoms with Crippen molar-refractivity contribution in [3.8, 4) is 0 Å². The van der Waals surface area contributed by atoms with Crippen LogP contribution < -0.4 is 5.32 Å². The lowest BCUT2D eigenvalue weighted by molar-refractivity contribution is -0.380. The molecule has 6 nitrogen and oxygen atoms in total. The molecule has 0 atom stereocenters. The van der Waals surface area contributed by atoms with E-state index >= 15 is 0 Å². The van der Waals surface area contributed by atoms with Crippen LogP contribution in [0.5, 0.6) is 0 Å². The molecule has 0 fully saturated rings. The summed E-state index contributed by atoms with van der Waals surface area (Å²) in [4.78, 5) is 27.5. The number of aromatic nitrogens is 1. The van der Waals surface area contributed by atoms with E-state index in [1.807, 2.05) is 18.2 Å². The number of fused-ring (bicyclic) bond motifs is 1. The first-order valence-electron chi connectivity index (χ1n) is 5.53. The fourth-order valence-corrected chi connectivity index (χ4v) is 3.26.